The van der Waals surface area contributed by atoms with Gasteiger partial charge in [-0.1, -0.05) is 0 Å². The Bertz CT molecular complexity index is 781. The van der Waals surface area contributed by atoms with Gasteiger partial charge in [-0.05, 0) is 51.0 Å². The molecule has 1 aromatic carbocycles. The zero-order valence-corrected chi connectivity index (χ0v) is 15.8. The maximum atomic E-state index is 14.5. The molecular formula is C20H26FN3O4. The van der Waals surface area contributed by atoms with E-state index in [0.29, 0.717) is 18.8 Å². The van der Waals surface area contributed by atoms with Gasteiger partial charge in [-0.2, -0.15) is 0 Å². The number of benzene rings is 1. The summed E-state index contributed by atoms with van der Waals surface area (Å²) in [5, 5.41) is 20.6. The quantitative estimate of drug-likeness (QED) is 0.632. The largest absolute Gasteiger partial charge is 0.393 e. The number of nitrogens with zero attached hydrogens (tertiary/aromatic N) is 3. The summed E-state index contributed by atoms with van der Waals surface area (Å²) in [7, 11) is 0. The summed E-state index contributed by atoms with van der Waals surface area (Å²) in [6.45, 7) is 1.81. The van der Waals surface area contributed by atoms with Crippen molar-refractivity contribution in [2.45, 2.75) is 57.1 Å². The number of hydrogen-bond donors (Lipinski definition) is 1. The van der Waals surface area contributed by atoms with Crippen LogP contribution < -0.4 is 4.90 Å². The summed E-state index contributed by atoms with van der Waals surface area (Å²) in [6, 6.07) is 3.91. The Hall–Kier alpha value is -2.22. The molecule has 1 N–H and O–H groups in total. The number of aliphatic hydroxyl groups excluding tert-OH is 1. The van der Waals surface area contributed by atoms with E-state index in [1.165, 1.54) is 12.1 Å². The molecule has 1 saturated carbocycles. The molecule has 3 aliphatic rings. The Labute approximate surface area is 163 Å². The molecule has 1 spiro atoms. The SMILES string of the molecule is O=C1N(C2CCC(O)CC2)CCC12CCCN(c1ccc([N+](=O)[O-])cc1F)C2. The first-order valence-corrected chi connectivity index (χ1v) is 10.1. The lowest BCUT2D eigenvalue weighted by Crippen LogP contribution is -2.50. The van der Waals surface area contributed by atoms with E-state index in [9.17, 15) is 24.4 Å². The third kappa shape index (κ3) is 3.34. The highest BCUT2D eigenvalue weighted by Crippen LogP contribution is 2.44. The van der Waals surface area contributed by atoms with Crippen LogP contribution in [0.4, 0.5) is 15.8 Å². The molecule has 4 rings (SSSR count). The Morgan fingerprint density at radius 3 is 2.61 bits per heavy atom. The molecule has 2 heterocycles. The maximum absolute atomic E-state index is 14.5. The second-order valence-corrected chi connectivity index (χ2v) is 8.41. The fraction of sp³-hybridized carbons (Fsp3) is 0.650. The van der Waals surface area contributed by atoms with Crippen LogP contribution in [0.25, 0.3) is 0 Å². The first-order valence-electron chi connectivity index (χ1n) is 10.1. The molecule has 28 heavy (non-hydrogen) atoms. The number of likely N-dealkylation sites (tertiary alicyclic amines) is 1. The zero-order valence-electron chi connectivity index (χ0n) is 15.8. The van der Waals surface area contributed by atoms with Crippen LogP contribution in [-0.4, -0.2) is 52.6 Å². The molecule has 152 valence electrons. The van der Waals surface area contributed by atoms with Crippen molar-refractivity contribution >= 4 is 17.3 Å². The number of carbonyl (C=O) groups is 1. The highest BCUT2D eigenvalue weighted by atomic mass is 19.1. The molecule has 2 saturated heterocycles. The van der Waals surface area contributed by atoms with Gasteiger partial charge in [0, 0.05) is 31.7 Å². The molecule has 0 aromatic heterocycles. The highest BCUT2D eigenvalue weighted by molar-refractivity contribution is 5.86. The Morgan fingerprint density at radius 2 is 1.93 bits per heavy atom. The number of halogens is 1. The number of piperidine rings is 1. The summed E-state index contributed by atoms with van der Waals surface area (Å²) in [5.41, 5.74) is -0.435. The summed E-state index contributed by atoms with van der Waals surface area (Å²) >= 11 is 0. The van der Waals surface area contributed by atoms with Crippen molar-refractivity contribution in [3.8, 4) is 0 Å². The van der Waals surface area contributed by atoms with Gasteiger partial charge < -0.3 is 14.9 Å². The van der Waals surface area contributed by atoms with Crippen LogP contribution in [0.3, 0.4) is 0 Å². The third-order valence-corrected chi connectivity index (χ3v) is 6.71. The van der Waals surface area contributed by atoms with Gasteiger partial charge in [0.15, 0.2) is 5.82 Å². The standard InChI is InChI=1S/C20H26FN3O4/c21-17-12-15(24(27)28)4-7-18(17)22-10-1-8-20(13-22)9-11-23(19(20)26)14-2-5-16(25)6-3-14/h4,7,12,14,16,25H,1-3,5-6,8-11,13H2. The predicted octanol–water partition coefficient (Wildman–Crippen LogP) is 2.86. The van der Waals surface area contributed by atoms with E-state index >= 15 is 0 Å². The van der Waals surface area contributed by atoms with Gasteiger partial charge in [0.25, 0.3) is 5.69 Å². The molecule has 1 aliphatic carbocycles. The molecule has 1 unspecified atom stereocenters. The molecule has 1 atom stereocenters. The predicted molar refractivity (Wildman–Crippen MR) is 102 cm³/mol. The van der Waals surface area contributed by atoms with Crippen molar-refractivity contribution in [2.24, 2.45) is 5.41 Å². The number of anilines is 1. The van der Waals surface area contributed by atoms with Crippen LogP contribution in [0.15, 0.2) is 18.2 Å². The number of rotatable bonds is 3. The van der Waals surface area contributed by atoms with Crippen LogP contribution in [-0.2, 0) is 4.79 Å². The smallest absolute Gasteiger partial charge is 0.272 e. The van der Waals surface area contributed by atoms with Crippen molar-refractivity contribution in [2.75, 3.05) is 24.5 Å². The van der Waals surface area contributed by atoms with Gasteiger partial charge in [0.1, 0.15) is 0 Å². The lowest BCUT2D eigenvalue weighted by atomic mass is 9.78. The summed E-state index contributed by atoms with van der Waals surface area (Å²) in [6.07, 6.45) is 5.24. The van der Waals surface area contributed by atoms with E-state index in [1.54, 1.807) is 0 Å². The lowest BCUT2D eigenvalue weighted by Gasteiger charge is -2.41. The lowest BCUT2D eigenvalue weighted by molar-refractivity contribution is -0.385. The van der Waals surface area contributed by atoms with E-state index in [0.717, 1.165) is 57.6 Å². The van der Waals surface area contributed by atoms with E-state index < -0.39 is 16.2 Å². The second kappa shape index (κ2) is 7.31. The Morgan fingerprint density at radius 1 is 1.18 bits per heavy atom. The van der Waals surface area contributed by atoms with Gasteiger partial charge in [0.05, 0.1) is 28.2 Å². The molecule has 0 radical (unpaired) electrons. The van der Waals surface area contributed by atoms with Gasteiger partial charge >= 0.3 is 0 Å². The number of nitro benzene ring substituents is 1. The van der Waals surface area contributed by atoms with Crippen LogP contribution in [0.2, 0.25) is 0 Å². The topological polar surface area (TPSA) is 86.9 Å². The van der Waals surface area contributed by atoms with Gasteiger partial charge in [0.2, 0.25) is 5.91 Å². The molecule has 2 aliphatic heterocycles. The number of hydrogen-bond acceptors (Lipinski definition) is 5. The number of non-ortho nitro benzene ring substituents is 1. The van der Waals surface area contributed by atoms with Crippen LogP contribution in [0.5, 0.6) is 0 Å². The van der Waals surface area contributed by atoms with Crippen molar-refractivity contribution in [3.63, 3.8) is 0 Å². The summed E-state index contributed by atoms with van der Waals surface area (Å²) < 4.78 is 14.5. The molecule has 7 nitrogen and oxygen atoms in total. The molecule has 8 heteroatoms. The molecule has 3 fully saturated rings. The minimum absolute atomic E-state index is 0.154. The average molecular weight is 391 g/mol. The third-order valence-electron chi connectivity index (χ3n) is 6.71. The van der Waals surface area contributed by atoms with E-state index in [4.69, 9.17) is 0 Å². The normalized spacial score (nSPS) is 30.9. The molecule has 1 amide bonds. The van der Waals surface area contributed by atoms with Crippen molar-refractivity contribution in [1.29, 1.82) is 0 Å². The minimum Gasteiger partial charge on any atom is -0.393 e. The molecule has 0 bridgehead atoms. The second-order valence-electron chi connectivity index (χ2n) is 8.41. The first kappa shape index (κ1) is 19.1. The average Bonchev–Trinajstić information content (AvgIpc) is 2.98. The Kier molecular flexibility index (Phi) is 4.99. The van der Waals surface area contributed by atoms with Crippen LogP contribution in [0.1, 0.15) is 44.9 Å². The molecular weight excluding hydrogens is 365 g/mol. The van der Waals surface area contributed by atoms with Gasteiger partial charge in [-0.15, -0.1) is 0 Å². The van der Waals surface area contributed by atoms with E-state index in [2.05, 4.69) is 0 Å². The van der Waals surface area contributed by atoms with Gasteiger partial charge in [-0.3, -0.25) is 14.9 Å². The van der Waals surface area contributed by atoms with Crippen molar-refractivity contribution < 1.29 is 19.2 Å². The number of aliphatic hydroxyl groups is 1. The van der Waals surface area contributed by atoms with Gasteiger partial charge in [-0.25, -0.2) is 4.39 Å². The number of nitro groups is 1. The fourth-order valence-corrected chi connectivity index (χ4v) is 5.15. The number of carbonyl (C=O) groups excluding carboxylic acids is 1. The van der Waals surface area contributed by atoms with Crippen LogP contribution in [0, 0.1) is 21.3 Å². The summed E-state index contributed by atoms with van der Waals surface area (Å²) in [5.74, 6) is -0.462. The number of amides is 1. The first-order chi connectivity index (χ1) is 13.4. The zero-order chi connectivity index (χ0) is 19.9. The fourth-order valence-electron chi connectivity index (χ4n) is 5.15. The maximum Gasteiger partial charge on any atom is 0.272 e. The van der Waals surface area contributed by atoms with Crippen LogP contribution >= 0.6 is 0 Å². The summed E-state index contributed by atoms with van der Waals surface area (Å²) in [4.78, 5) is 27.4. The van der Waals surface area contributed by atoms with Crippen molar-refractivity contribution in [3.05, 3.63) is 34.1 Å². The monoisotopic (exact) mass is 391 g/mol. The minimum atomic E-state index is -0.616. The van der Waals surface area contributed by atoms with Crippen molar-refractivity contribution in [1.82, 2.24) is 4.90 Å². The van der Waals surface area contributed by atoms with E-state index in [-0.39, 0.29) is 23.7 Å². The highest BCUT2D eigenvalue weighted by Gasteiger charge is 2.50. The molecule has 1 aromatic rings. The Balaban J connectivity index is 1.50. The van der Waals surface area contributed by atoms with E-state index in [1.807, 2.05) is 9.80 Å².